The Labute approximate surface area is 254 Å². The highest BCUT2D eigenvalue weighted by atomic mass is 32.2. The van der Waals surface area contributed by atoms with Crippen molar-refractivity contribution in [2.45, 2.75) is 88.4 Å². The highest BCUT2D eigenvalue weighted by molar-refractivity contribution is 7.92. The third kappa shape index (κ3) is 7.50. The summed E-state index contributed by atoms with van der Waals surface area (Å²) in [5.74, 6) is 1.14. The molecule has 3 N–H and O–H groups in total. The maximum absolute atomic E-state index is 13.7. The number of likely N-dealkylation sites (tertiary alicyclic amines) is 1. The van der Waals surface area contributed by atoms with Gasteiger partial charge in [0, 0.05) is 38.3 Å². The fraction of sp³-hybridized carbons (Fsp3) is 0.562. The molecule has 1 aliphatic carbocycles. The number of benzene rings is 2. The Morgan fingerprint density at radius 3 is 2.14 bits per heavy atom. The molecule has 1 saturated carbocycles. The monoisotopic (exact) mass is 612 g/mol. The number of piperidine rings is 1. The Balaban J connectivity index is 1.17. The molecule has 2 amide bonds. The van der Waals surface area contributed by atoms with Gasteiger partial charge in [-0.15, -0.1) is 0 Å². The summed E-state index contributed by atoms with van der Waals surface area (Å²) in [5, 5.41) is 14.1. The van der Waals surface area contributed by atoms with E-state index in [-0.39, 0.29) is 11.8 Å². The molecule has 2 aromatic rings. The number of sulfonamides is 1. The van der Waals surface area contributed by atoms with Crippen molar-refractivity contribution < 1.29 is 27.9 Å². The minimum atomic E-state index is -3.33. The lowest BCUT2D eigenvalue weighted by molar-refractivity contribution is -0.163. The lowest BCUT2D eigenvalue weighted by Crippen LogP contribution is -2.73. The maximum Gasteiger partial charge on any atom is 0.246 e. The Bertz CT molecular complexity index is 1380. The first-order valence-corrected chi connectivity index (χ1v) is 17.3. The number of hydrogen-bond donors (Lipinski definition) is 3. The number of ether oxygens (including phenoxy) is 1. The van der Waals surface area contributed by atoms with Crippen molar-refractivity contribution >= 4 is 27.5 Å². The number of aliphatic hydroxyl groups is 1. The molecule has 2 heterocycles. The van der Waals surface area contributed by atoms with E-state index in [4.69, 9.17) is 4.74 Å². The van der Waals surface area contributed by atoms with Crippen molar-refractivity contribution in [3.8, 4) is 11.5 Å². The van der Waals surface area contributed by atoms with Crippen LogP contribution in [0.15, 0.2) is 48.5 Å². The van der Waals surface area contributed by atoms with E-state index in [2.05, 4.69) is 14.9 Å². The number of nitrogens with zero attached hydrogens (tertiary/aromatic N) is 2. The number of nitrogens with one attached hydrogen (secondary N) is 2. The average Bonchev–Trinajstić information content (AvgIpc) is 2.97. The number of anilines is 1. The smallest absolute Gasteiger partial charge is 0.246 e. The second kappa shape index (κ2) is 12.8. The van der Waals surface area contributed by atoms with Crippen molar-refractivity contribution in [3.05, 3.63) is 54.1 Å². The van der Waals surface area contributed by atoms with Gasteiger partial charge in [0.25, 0.3) is 0 Å². The first-order valence-electron chi connectivity index (χ1n) is 15.4. The van der Waals surface area contributed by atoms with Gasteiger partial charge in [0.05, 0.1) is 11.9 Å². The van der Waals surface area contributed by atoms with Crippen LogP contribution in [0.5, 0.6) is 11.5 Å². The van der Waals surface area contributed by atoms with Crippen molar-refractivity contribution in [2.75, 3.05) is 30.6 Å². The molecular weight excluding hydrogens is 568 g/mol. The Kier molecular flexibility index (Phi) is 9.34. The first-order chi connectivity index (χ1) is 20.5. The lowest BCUT2D eigenvalue weighted by atomic mass is 9.77. The van der Waals surface area contributed by atoms with Gasteiger partial charge in [-0.05, 0) is 74.1 Å². The molecule has 5 rings (SSSR count). The van der Waals surface area contributed by atoms with Gasteiger partial charge in [0.1, 0.15) is 23.1 Å². The summed E-state index contributed by atoms with van der Waals surface area (Å²) < 4.78 is 31.1. The Hall–Kier alpha value is -3.15. The molecule has 10 nitrogen and oxygen atoms in total. The zero-order valence-corrected chi connectivity index (χ0v) is 26.0. The summed E-state index contributed by atoms with van der Waals surface area (Å²) in [4.78, 5) is 31.5. The van der Waals surface area contributed by atoms with E-state index < -0.39 is 27.2 Å². The molecule has 0 aromatic heterocycles. The number of piperazine rings is 1. The fourth-order valence-electron chi connectivity index (χ4n) is 6.80. The van der Waals surface area contributed by atoms with Crippen LogP contribution in [0, 0.1) is 0 Å². The van der Waals surface area contributed by atoms with Crippen molar-refractivity contribution in [1.82, 2.24) is 15.1 Å². The second-order valence-corrected chi connectivity index (χ2v) is 14.2. The van der Waals surface area contributed by atoms with Crippen molar-refractivity contribution in [3.63, 3.8) is 0 Å². The molecule has 1 spiro atoms. The average molecular weight is 613 g/mol. The largest absolute Gasteiger partial charge is 0.457 e. The molecule has 1 atom stereocenters. The molecule has 0 radical (unpaired) electrons. The maximum atomic E-state index is 13.7. The van der Waals surface area contributed by atoms with Gasteiger partial charge < -0.3 is 20.1 Å². The van der Waals surface area contributed by atoms with E-state index in [1.807, 2.05) is 36.1 Å². The van der Waals surface area contributed by atoms with Gasteiger partial charge in [-0.3, -0.25) is 19.2 Å². The van der Waals surface area contributed by atoms with Crippen LogP contribution in [0.25, 0.3) is 0 Å². The molecule has 0 bridgehead atoms. The van der Waals surface area contributed by atoms with Crippen LogP contribution in [0.1, 0.15) is 70.3 Å². The molecule has 0 unspecified atom stereocenters. The van der Waals surface area contributed by atoms with Crippen LogP contribution in [0.2, 0.25) is 0 Å². The summed E-state index contributed by atoms with van der Waals surface area (Å²) in [5.41, 5.74) is -0.120. The normalized spacial score (nSPS) is 22.3. The zero-order valence-electron chi connectivity index (χ0n) is 25.2. The highest BCUT2D eigenvalue weighted by Gasteiger charge is 2.54. The standard InChI is InChI=1S/C32H44N4O6S/c1-3-19-36-29(37)28(22-31(39)15-5-4-6-16-31)33-30(38)32(36)17-20-35(21-18-32)23-24-7-11-26(12-8-24)42-27-13-9-25(10-14-27)34-43(2,40)41/h7-14,28,34,39H,3-6,15-23H2,1-2H3,(H,33,38)/t28-/m1/s1. The minimum absolute atomic E-state index is 0.0502. The highest BCUT2D eigenvalue weighted by Crippen LogP contribution is 2.37. The minimum Gasteiger partial charge on any atom is -0.457 e. The third-order valence-electron chi connectivity index (χ3n) is 9.03. The third-order valence-corrected chi connectivity index (χ3v) is 9.64. The van der Waals surface area contributed by atoms with Crippen LogP contribution >= 0.6 is 0 Å². The number of carbonyl (C=O) groups excluding carboxylic acids is 2. The van der Waals surface area contributed by atoms with Crippen LogP contribution in [0.3, 0.4) is 0 Å². The van der Waals surface area contributed by atoms with Crippen molar-refractivity contribution in [1.29, 1.82) is 0 Å². The molecular formula is C32H44N4O6S. The summed E-state index contributed by atoms with van der Waals surface area (Å²) in [6, 6.07) is 13.9. The van der Waals surface area contributed by atoms with Gasteiger partial charge in [-0.2, -0.15) is 0 Å². The molecule has 234 valence electrons. The first kappa shape index (κ1) is 31.3. The molecule has 3 fully saturated rings. The summed E-state index contributed by atoms with van der Waals surface area (Å²) >= 11 is 0. The van der Waals surface area contributed by atoms with E-state index in [1.54, 1.807) is 24.3 Å². The molecule has 11 heteroatoms. The van der Waals surface area contributed by atoms with E-state index in [1.165, 1.54) is 0 Å². The summed E-state index contributed by atoms with van der Waals surface area (Å²) in [6.45, 7) is 4.69. The van der Waals surface area contributed by atoms with E-state index in [0.717, 1.165) is 44.0 Å². The molecule has 43 heavy (non-hydrogen) atoms. The number of rotatable bonds is 10. The fourth-order valence-corrected chi connectivity index (χ4v) is 7.36. The van der Waals surface area contributed by atoms with Gasteiger partial charge in [0.15, 0.2) is 0 Å². The predicted molar refractivity (Wildman–Crippen MR) is 165 cm³/mol. The summed E-state index contributed by atoms with van der Waals surface area (Å²) in [6.07, 6.45) is 7.73. The van der Waals surface area contributed by atoms with Gasteiger partial charge in [0.2, 0.25) is 21.8 Å². The van der Waals surface area contributed by atoms with Crippen molar-refractivity contribution in [2.24, 2.45) is 0 Å². The van der Waals surface area contributed by atoms with E-state index in [0.29, 0.717) is 68.9 Å². The van der Waals surface area contributed by atoms with Crippen LogP contribution in [0.4, 0.5) is 5.69 Å². The van der Waals surface area contributed by atoms with E-state index >= 15 is 0 Å². The van der Waals surface area contributed by atoms with Crippen LogP contribution in [-0.2, 0) is 26.2 Å². The Morgan fingerprint density at radius 1 is 0.953 bits per heavy atom. The Morgan fingerprint density at radius 2 is 1.56 bits per heavy atom. The van der Waals surface area contributed by atoms with Gasteiger partial charge >= 0.3 is 0 Å². The van der Waals surface area contributed by atoms with E-state index in [9.17, 15) is 23.1 Å². The molecule has 3 aliphatic rings. The van der Waals surface area contributed by atoms with Gasteiger partial charge in [-0.1, -0.05) is 38.3 Å². The second-order valence-electron chi connectivity index (χ2n) is 12.5. The molecule has 2 aliphatic heterocycles. The van der Waals surface area contributed by atoms with Gasteiger partial charge in [-0.25, -0.2) is 8.42 Å². The molecule has 2 saturated heterocycles. The van der Waals surface area contributed by atoms with Crippen LogP contribution in [-0.4, -0.2) is 78.2 Å². The predicted octanol–water partition coefficient (Wildman–Crippen LogP) is 4.01. The topological polar surface area (TPSA) is 128 Å². The SMILES string of the molecule is CCCN1C(=O)[C@@H](CC2(O)CCCCC2)NC(=O)C12CCN(Cc1ccc(Oc3ccc(NS(C)(=O)=O)cc3)cc1)CC2. The summed E-state index contributed by atoms with van der Waals surface area (Å²) in [7, 11) is -3.33. The zero-order chi connectivity index (χ0) is 30.7. The number of carbonyl (C=O) groups is 2. The quantitative estimate of drug-likeness (QED) is 0.370. The number of hydrogen-bond acceptors (Lipinski definition) is 7. The lowest BCUT2D eigenvalue weighted by Gasteiger charge is -2.52. The molecule has 2 aromatic carbocycles. The van der Waals surface area contributed by atoms with Crippen LogP contribution < -0.4 is 14.8 Å². The number of amides is 2.